The van der Waals surface area contributed by atoms with E-state index in [1.54, 1.807) is 6.07 Å². The second kappa shape index (κ2) is 9.48. The van der Waals surface area contributed by atoms with Gasteiger partial charge in [0.1, 0.15) is 23.2 Å². The molecule has 0 radical (unpaired) electrons. The zero-order valence-electron chi connectivity index (χ0n) is 18.2. The third-order valence-corrected chi connectivity index (χ3v) is 6.06. The van der Waals surface area contributed by atoms with Gasteiger partial charge in [-0.2, -0.15) is 0 Å². The standard InChI is InChI=1S/C26H29NO4/c1-18-24(30-23-12-14-27(2)15-13-23)11-9-20-16-21(26(29)31-25(18)20)17-22(28)10-8-19-6-4-3-5-7-19/h3-7,9,11,16,23H,8,10,12-15,17H2,1-2H3. The van der Waals surface area contributed by atoms with Gasteiger partial charge in [0.2, 0.25) is 0 Å². The highest BCUT2D eigenvalue weighted by atomic mass is 16.5. The molecule has 2 aromatic carbocycles. The molecule has 0 atom stereocenters. The van der Waals surface area contributed by atoms with Crippen molar-refractivity contribution in [2.75, 3.05) is 20.1 Å². The molecule has 3 aromatic rings. The smallest absolute Gasteiger partial charge is 0.339 e. The predicted molar refractivity (Wildman–Crippen MR) is 122 cm³/mol. The highest BCUT2D eigenvalue weighted by molar-refractivity contribution is 5.85. The summed E-state index contributed by atoms with van der Waals surface area (Å²) in [5.74, 6) is 0.798. The largest absolute Gasteiger partial charge is 0.490 e. The molecule has 5 nitrogen and oxygen atoms in total. The van der Waals surface area contributed by atoms with Crippen LogP contribution < -0.4 is 10.4 Å². The van der Waals surface area contributed by atoms with Crippen LogP contribution in [0, 0.1) is 6.92 Å². The summed E-state index contributed by atoms with van der Waals surface area (Å²) in [6.45, 7) is 3.96. The van der Waals surface area contributed by atoms with Crippen molar-refractivity contribution in [1.82, 2.24) is 4.90 Å². The lowest BCUT2D eigenvalue weighted by molar-refractivity contribution is -0.118. The van der Waals surface area contributed by atoms with Gasteiger partial charge in [0, 0.05) is 42.4 Å². The number of hydrogen-bond donors (Lipinski definition) is 0. The minimum absolute atomic E-state index is 0.0365. The molecule has 0 saturated carbocycles. The Balaban J connectivity index is 1.47. The Kier molecular flexibility index (Phi) is 6.52. The van der Waals surface area contributed by atoms with Gasteiger partial charge in [0.15, 0.2) is 0 Å². The lowest BCUT2D eigenvalue weighted by atomic mass is 10.0. The number of piperidine rings is 1. The van der Waals surface area contributed by atoms with Crippen molar-refractivity contribution in [3.8, 4) is 5.75 Å². The molecular weight excluding hydrogens is 390 g/mol. The highest BCUT2D eigenvalue weighted by Gasteiger charge is 2.20. The summed E-state index contributed by atoms with van der Waals surface area (Å²) in [6, 6.07) is 15.5. The van der Waals surface area contributed by atoms with Crippen molar-refractivity contribution in [3.63, 3.8) is 0 Å². The van der Waals surface area contributed by atoms with Crippen molar-refractivity contribution in [3.05, 3.63) is 75.6 Å². The normalized spacial score (nSPS) is 15.3. The number of carbonyl (C=O) groups is 1. The number of carbonyl (C=O) groups excluding carboxylic acids is 1. The molecule has 0 unspecified atom stereocenters. The molecule has 1 aromatic heterocycles. The number of likely N-dealkylation sites (tertiary alicyclic amines) is 1. The number of benzene rings is 2. The van der Waals surface area contributed by atoms with Crippen LogP contribution in [0.15, 0.2) is 57.7 Å². The number of fused-ring (bicyclic) bond motifs is 1. The molecule has 31 heavy (non-hydrogen) atoms. The molecule has 0 N–H and O–H groups in total. The number of Topliss-reactive ketones (excluding diaryl/α,β-unsaturated/α-hetero) is 1. The average Bonchev–Trinajstić information content (AvgIpc) is 2.78. The second-order valence-electron chi connectivity index (χ2n) is 8.49. The summed E-state index contributed by atoms with van der Waals surface area (Å²) in [6.07, 6.45) is 3.33. The average molecular weight is 420 g/mol. The van der Waals surface area contributed by atoms with Crippen molar-refractivity contribution >= 4 is 16.8 Å². The number of aryl methyl sites for hydroxylation is 2. The van der Waals surface area contributed by atoms with Crippen molar-refractivity contribution in [1.29, 1.82) is 0 Å². The Morgan fingerprint density at radius 3 is 2.61 bits per heavy atom. The van der Waals surface area contributed by atoms with Gasteiger partial charge < -0.3 is 14.1 Å². The quantitative estimate of drug-likeness (QED) is 0.534. The molecule has 1 aliphatic heterocycles. The maximum atomic E-state index is 12.6. The molecule has 2 heterocycles. The highest BCUT2D eigenvalue weighted by Crippen LogP contribution is 2.29. The maximum Gasteiger partial charge on any atom is 0.339 e. The molecule has 0 bridgehead atoms. The number of rotatable bonds is 7. The van der Waals surface area contributed by atoms with Gasteiger partial charge in [-0.1, -0.05) is 30.3 Å². The van der Waals surface area contributed by atoms with Crippen LogP contribution in [0.5, 0.6) is 5.75 Å². The minimum Gasteiger partial charge on any atom is -0.490 e. The monoisotopic (exact) mass is 419 g/mol. The summed E-state index contributed by atoms with van der Waals surface area (Å²) in [5, 5.41) is 0.818. The van der Waals surface area contributed by atoms with Crippen LogP contribution in [-0.2, 0) is 17.6 Å². The first-order chi connectivity index (χ1) is 15.0. The topological polar surface area (TPSA) is 59.8 Å². The van der Waals surface area contributed by atoms with E-state index in [1.165, 1.54) is 0 Å². The molecule has 0 amide bonds. The van der Waals surface area contributed by atoms with Crippen molar-refractivity contribution < 1.29 is 13.9 Å². The van der Waals surface area contributed by atoms with Gasteiger partial charge >= 0.3 is 5.63 Å². The van der Waals surface area contributed by atoms with Crippen LogP contribution in [-0.4, -0.2) is 36.9 Å². The minimum atomic E-state index is -0.444. The Bertz CT molecular complexity index is 1110. The van der Waals surface area contributed by atoms with E-state index in [2.05, 4.69) is 11.9 Å². The van der Waals surface area contributed by atoms with Crippen LogP contribution >= 0.6 is 0 Å². The third-order valence-electron chi connectivity index (χ3n) is 6.06. The van der Waals surface area contributed by atoms with E-state index in [4.69, 9.17) is 9.15 Å². The summed E-state index contributed by atoms with van der Waals surface area (Å²) >= 11 is 0. The summed E-state index contributed by atoms with van der Waals surface area (Å²) in [5.41, 5.74) is 2.45. The second-order valence-corrected chi connectivity index (χ2v) is 8.49. The van der Waals surface area contributed by atoms with Crippen LogP contribution in [0.3, 0.4) is 0 Å². The third kappa shape index (κ3) is 5.23. The first-order valence-electron chi connectivity index (χ1n) is 11.0. The number of nitrogens with zero attached hydrogens (tertiary/aromatic N) is 1. The Morgan fingerprint density at radius 2 is 1.87 bits per heavy atom. The van der Waals surface area contributed by atoms with Crippen LogP contribution in [0.2, 0.25) is 0 Å². The number of hydrogen-bond acceptors (Lipinski definition) is 5. The van der Waals surface area contributed by atoms with Crippen LogP contribution in [0.1, 0.15) is 36.0 Å². The van der Waals surface area contributed by atoms with Gasteiger partial charge in [0.05, 0.1) is 0 Å². The van der Waals surface area contributed by atoms with E-state index in [0.29, 0.717) is 24.0 Å². The predicted octanol–water partition coefficient (Wildman–Crippen LogP) is 4.32. The van der Waals surface area contributed by atoms with Gasteiger partial charge in [0.25, 0.3) is 0 Å². The fourth-order valence-corrected chi connectivity index (χ4v) is 4.11. The van der Waals surface area contributed by atoms with E-state index in [-0.39, 0.29) is 18.3 Å². The molecule has 1 saturated heterocycles. The summed E-state index contributed by atoms with van der Waals surface area (Å²) in [7, 11) is 2.12. The fraction of sp³-hybridized carbons (Fsp3) is 0.385. The van der Waals surface area contributed by atoms with Crippen molar-refractivity contribution in [2.24, 2.45) is 0 Å². The molecular formula is C26H29NO4. The Hall–Kier alpha value is -2.92. The van der Waals surface area contributed by atoms with Gasteiger partial charge in [-0.15, -0.1) is 0 Å². The van der Waals surface area contributed by atoms with Gasteiger partial charge in [-0.05, 0) is 57.0 Å². The molecule has 4 rings (SSSR count). The van der Waals surface area contributed by atoms with Gasteiger partial charge in [-0.3, -0.25) is 4.79 Å². The first kappa shape index (κ1) is 21.3. The lowest BCUT2D eigenvalue weighted by Gasteiger charge is -2.29. The first-order valence-corrected chi connectivity index (χ1v) is 11.0. The number of ketones is 1. The summed E-state index contributed by atoms with van der Waals surface area (Å²) < 4.78 is 11.8. The Morgan fingerprint density at radius 1 is 1.13 bits per heavy atom. The lowest BCUT2D eigenvalue weighted by Crippen LogP contribution is -2.35. The molecule has 0 aliphatic carbocycles. The SMILES string of the molecule is Cc1c(OC2CCN(C)CC2)ccc2cc(CC(=O)CCc3ccccc3)c(=O)oc12. The maximum absolute atomic E-state index is 12.6. The summed E-state index contributed by atoms with van der Waals surface area (Å²) in [4.78, 5) is 27.3. The molecule has 162 valence electrons. The van der Waals surface area contributed by atoms with E-state index < -0.39 is 5.63 Å². The Labute approximate surface area is 182 Å². The molecule has 1 fully saturated rings. The molecule has 0 spiro atoms. The fourth-order valence-electron chi connectivity index (χ4n) is 4.11. The van der Waals surface area contributed by atoms with Crippen molar-refractivity contribution in [2.45, 2.75) is 45.1 Å². The molecule has 1 aliphatic rings. The van der Waals surface area contributed by atoms with Crippen LogP contribution in [0.25, 0.3) is 11.0 Å². The molecule has 5 heteroatoms. The number of ether oxygens (including phenoxy) is 1. The van der Waals surface area contributed by atoms with Gasteiger partial charge in [-0.25, -0.2) is 4.79 Å². The van der Waals surface area contributed by atoms with E-state index in [1.807, 2.05) is 49.4 Å². The van der Waals surface area contributed by atoms with E-state index in [9.17, 15) is 9.59 Å². The van der Waals surface area contributed by atoms with Crippen LogP contribution in [0.4, 0.5) is 0 Å². The zero-order valence-corrected chi connectivity index (χ0v) is 18.2. The van der Waals surface area contributed by atoms with E-state index in [0.717, 1.165) is 48.2 Å². The zero-order chi connectivity index (χ0) is 21.8. The van der Waals surface area contributed by atoms with E-state index >= 15 is 0 Å².